The van der Waals surface area contributed by atoms with Crippen LogP contribution in [0.15, 0.2) is 42.5 Å². The number of nitrogens with zero attached hydrogens (tertiary/aromatic N) is 2. The van der Waals surface area contributed by atoms with Crippen LogP contribution in [0.5, 0.6) is 0 Å². The molecular formula is C21H26Cl2N2O2S. The number of hydrogen-bond acceptors (Lipinski definition) is 3. The highest BCUT2D eigenvalue weighted by Crippen LogP contribution is 2.20. The Labute approximate surface area is 181 Å². The normalized spacial score (nSPS) is 12.1. The van der Waals surface area contributed by atoms with Crippen molar-refractivity contribution in [3.63, 3.8) is 0 Å². The van der Waals surface area contributed by atoms with E-state index in [2.05, 4.69) is 0 Å². The summed E-state index contributed by atoms with van der Waals surface area (Å²) in [5.74, 6) is -0.560. The summed E-state index contributed by atoms with van der Waals surface area (Å²) in [6.45, 7) is 6.84. The van der Waals surface area contributed by atoms with E-state index >= 15 is 0 Å². The number of thiophene rings is 1. The summed E-state index contributed by atoms with van der Waals surface area (Å²) in [4.78, 5) is 30.0. The van der Waals surface area contributed by atoms with Crippen LogP contribution < -0.4 is 0 Å². The number of alkyl halides is 2. The van der Waals surface area contributed by atoms with Gasteiger partial charge in [0.05, 0.1) is 6.54 Å². The van der Waals surface area contributed by atoms with Gasteiger partial charge in [0, 0.05) is 22.3 Å². The number of hydrogen-bond donors (Lipinski definition) is 0. The largest absolute Gasteiger partial charge is 0.332 e. The summed E-state index contributed by atoms with van der Waals surface area (Å²) in [5.41, 5.74) is 1.04. The van der Waals surface area contributed by atoms with E-state index in [0.717, 1.165) is 10.4 Å². The monoisotopic (exact) mass is 440 g/mol. The minimum atomic E-state index is -1.18. The molecule has 1 atom stereocenters. The van der Waals surface area contributed by atoms with Crippen LogP contribution in [0.3, 0.4) is 0 Å². The van der Waals surface area contributed by atoms with Crippen LogP contribution in [0, 0.1) is 6.92 Å². The van der Waals surface area contributed by atoms with Crippen LogP contribution in [-0.4, -0.2) is 39.0 Å². The molecular weight excluding hydrogens is 415 g/mol. The van der Waals surface area contributed by atoms with Gasteiger partial charge in [0.1, 0.15) is 6.54 Å². The van der Waals surface area contributed by atoms with Crippen molar-refractivity contribution in [2.45, 2.75) is 51.2 Å². The Morgan fingerprint density at radius 2 is 1.75 bits per heavy atom. The highest BCUT2D eigenvalue weighted by atomic mass is 35.5. The molecule has 1 unspecified atom stereocenters. The van der Waals surface area contributed by atoms with Gasteiger partial charge in [-0.05, 0) is 38.0 Å². The van der Waals surface area contributed by atoms with Gasteiger partial charge in [0.2, 0.25) is 5.91 Å². The zero-order valence-electron chi connectivity index (χ0n) is 16.4. The maximum absolute atomic E-state index is 13.2. The zero-order valence-corrected chi connectivity index (χ0v) is 18.7. The molecule has 1 aromatic carbocycles. The summed E-state index contributed by atoms with van der Waals surface area (Å²) in [7, 11) is 0. The average Bonchev–Trinajstić information content (AvgIpc) is 3.09. The molecule has 28 heavy (non-hydrogen) atoms. The maximum atomic E-state index is 13.2. The van der Waals surface area contributed by atoms with Crippen molar-refractivity contribution in [3.05, 3.63) is 57.8 Å². The van der Waals surface area contributed by atoms with Gasteiger partial charge in [-0.2, -0.15) is 0 Å². The molecule has 0 aliphatic rings. The molecule has 2 aromatic rings. The van der Waals surface area contributed by atoms with Crippen molar-refractivity contribution in [1.29, 1.82) is 0 Å². The predicted octanol–water partition coefficient (Wildman–Crippen LogP) is 5.02. The first kappa shape index (κ1) is 22.7. The Morgan fingerprint density at radius 3 is 2.29 bits per heavy atom. The summed E-state index contributed by atoms with van der Waals surface area (Å²) in [6.07, 6.45) is 0.711. The molecule has 0 aliphatic carbocycles. The lowest BCUT2D eigenvalue weighted by Crippen LogP contribution is -2.47. The van der Waals surface area contributed by atoms with E-state index in [1.54, 1.807) is 16.2 Å². The van der Waals surface area contributed by atoms with E-state index in [-0.39, 0.29) is 18.5 Å². The van der Waals surface area contributed by atoms with Crippen molar-refractivity contribution in [2.24, 2.45) is 0 Å². The van der Waals surface area contributed by atoms with Crippen LogP contribution in [-0.2, 0) is 22.7 Å². The molecule has 1 heterocycles. The van der Waals surface area contributed by atoms with Crippen molar-refractivity contribution in [2.75, 3.05) is 6.54 Å². The minimum absolute atomic E-state index is 0.0407. The van der Waals surface area contributed by atoms with Crippen molar-refractivity contribution in [3.8, 4) is 0 Å². The fraction of sp³-hybridized carbons (Fsp3) is 0.429. The smallest absolute Gasteiger partial charge is 0.256 e. The van der Waals surface area contributed by atoms with Crippen molar-refractivity contribution < 1.29 is 9.59 Å². The molecule has 4 nitrogen and oxygen atoms in total. The summed E-state index contributed by atoms with van der Waals surface area (Å²) in [6, 6.07) is 13.8. The molecule has 0 spiro atoms. The predicted molar refractivity (Wildman–Crippen MR) is 117 cm³/mol. The molecule has 152 valence electrons. The average molecular weight is 441 g/mol. The lowest BCUT2D eigenvalue weighted by atomic mass is 10.2. The lowest BCUT2D eigenvalue weighted by molar-refractivity contribution is -0.142. The second-order valence-electron chi connectivity index (χ2n) is 6.77. The third-order valence-corrected chi connectivity index (χ3v) is 5.97. The molecule has 0 aliphatic heterocycles. The van der Waals surface area contributed by atoms with Crippen LogP contribution in [0.2, 0.25) is 0 Å². The van der Waals surface area contributed by atoms with Gasteiger partial charge in [-0.15, -0.1) is 11.3 Å². The van der Waals surface area contributed by atoms with E-state index in [0.29, 0.717) is 19.5 Å². The number of benzene rings is 1. The van der Waals surface area contributed by atoms with E-state index in [9.17, 15) is 9.59 Å². The SMILES string of the molecule is CCC(C)N(CC(=O)N(Cc1ccccc1)Cc1ccc(C)s1)C(=O)C(Cl)Cl. The molecule has 0 fully saturated rings. The number of amides is 2. The summed E-state index contributed by atoms with van der Waals surface area (Å²) >= 11 is 13.3. The van der Waals surface area contributed by atoms with Gasteiger partial charge in [-0.3, -0.25) is 9.59 Å². The molecule has 0 radical (unpaired) electrons. The summed E-state index contributed by atoms with van der Waals surface area (Å²) < 4.78 is 0. The van der Waals surface area contributed by atoms with Crippen LogP contribution in [0.4, 0.5) is 0 Å². The molecule has 0 bridgehead atoms. The third-order valence-electron chi connectivity index (χ3n) is 4.61. The van der Waals surface area contributed by atoms with Gasteiger partial charge in [0.25, 0.3) is 5.91 Å². The van der Waals surface area contributed by atoms with Crippen LogP contribution >= 0.6 is 34.5 Å². The Hall–Kier alpha value is -1.56. The van der Waals surface area contributed by atoms with E-state index in [1.165, 1.54) is 9.78 Å². The van der Waals surface area contributed by atoms with Gasteiger partial charge >= 0.3 is 0 Å². The van der Waals surface area contributed by atoms with Crippen LogP contribution in [0.1, 0.15) is 35.6 Å². The Balaban J connectivity index is 2.21. The molecule has 1 aromatic heterocycles. The van der Waals surface area contributed by atoms with Gasteiger partial charge < -0.3 is 9.80 Å². The fourth-order valence-electron chi connectivity index (χ4n) is 2.84. The summed E-state index contributed by atoms with van der Waals surface area (Å²) in [5, 5.41) is 0. The Bertz CT molecular complexity index is 780. The molecule has 0 saturated heterocycles. The van der Waals surface area contributed by atoms with E-state index < -0.39 is 10.7 Å². The van der Waals surface area contributed by atoms with Crippen molar-refractivity contribution in [1.82, 2.24) is 9.80 Å². The maximum Gasteiger partial charge on any atom is 0.256 e. The van der Waals surface area contributed by atoms with E-state index in [1.807, 2.05) is 63.2 Å². The second kappa shape index (κ2) is 10.8. The number of aryl methyl sites for hydroxylation is 1. The number of carbonyl (C=O) groups is 2. The molecule has 2 amide bonds. The van der Waals surface area contributed by atoms with E-state index in [4.69, 9.17) is 23.2 Å². The Kier molecular flexibility index (Phi) is 8.80. The lowest BCUT2D eigenvalue weighted by Gasteiger charge is -2.31. The first-order valence-corrected chi connectivity index (χ1v) is 11.0. The van der Waals surface area contributed by atoms with Crippen molar-refractivity contribution >= 4 is 46.4 Å². The number of rotatable bonds is 9. The first-order valence-electron chi connectivity index (χ1n) is 9.27. The molecule has 0 saturated carbocycles. The van der Waals surface area contributed by atoms with Gasteiger partial charge in [-0.25, -0.2) is 0 Å². The van der Waals surface area contributed by atoms with Crippen LogP contribution in [0.25, 0.3) is 0 Å². The fourth-order valence-corrected chi connectivity index (χ4v) is 3.99. The Morgan fingerprint density at radius 1 is 1.07 bits per heavy atom. The highest BCUT2D eigenvalue weighted by Gasteiger charge is 2.28. The topological polar surface area (TPSA) is 40.6 Å². The second-order valence-corrected chi connectivity index (χ2v) is 9.24. The molecule has 7 heteroatoms. The third kappa shape index (κ3) is 6.50. The molecule has 2 rings (SSSR count). The minimum Gasteiger partial charge on any atom is -0.332 e. The van der Waals surface area contributed by atoms with Gasteiger partial charge in [0.15, 0.2) is 4.84 Å². The number of carbonyl (C=O) groups excluding carboxylic acids is 2. The quantitative estimate of drug-likeness (QED) is 0.513. The van der Waals surface area contributed by atoms with Gasteiger partial charge in [-0.1, -0.05) is 60.5 Å². The first-order chi connectivity index (χ1) is 13.3. The molecule has 0 N–H and O–H groups in total. The highest BCUT2D eigenvalue weighted by molar-refractivity contribution is 7.11. The standard InChI is InChI=1S/C21H26Cl2N2O2S/c1-4-15(2)25(21(27)20(22)23)14-19(26)24(12-17-8-6-5-7-9-17)13-18-11-10-16(3)28-18/h5-11,15,20H,4,12-14H2,1-3H3. The zero-order chi connectivity index (χ0) is 20.7. The number of halogens is 2.